The van der Waals surface area contributed by atoms with Crippen LogP contribution in [0.3, 0.4) is 0 Å². The lowest BCUT2D eigenvalue weighted by Gasteiger charge is -2.37. The quantitative estimate of drug-likeness (QED) is 0.491. The van der Waals surface area contributed by atoms with Crippen LogP contribution in [0.15, 0.2) is 58.1 Å². The first-order chi connectivity index (χ1) is 14.0. The van der Waals surface area contributed by atoms with Gasteiger partial charge in [-0.2, -0.15) is 10.1 Å². The molecule has 1 aliphatic heterocycles. The number of amides is 2. The van der Waals surface area contributed by atoms with Crippen molar-refractivity contribution in [2.24, 2.45) is 28.8 Å². The van der Waals surface area contributed by atoms with Crippen molar-refractivity contribution in [2.75, 3.05) is 0 Å². The summed E-state index contributed by atoms with van der Waals surface area (Å²) in [5.74, 6) is -0.828. The lowest BCUT2D eigenvalue weighted by atomic mass is 9.63. The third-order valence-corrected chi connectivity index (χ3v) is 6.08. The summed E-state index contributed by atoms with van der Waals surface area (Å²) in [6.07, 6.45) is 7.41. The maximum absolute atomic E-state index is 12.8. The Hall–Kier alpha value is -3.48. The van der Waals surface area contributed by atoms with Gasteiger partial charge in [0, 0.05) is 5.56 Å². The number of nitrogens with zero attached hydrogens (tertiary/aromatic N) is 2. The number of carbonyl (C=O) groups is 3. The van der Waals surface area contributed by atoms with Gasteiger partial charge in [0.25, 0.3) is 11.8 Å². The molecule has 1 saturated heterocycles. The Morgan fingerprint density at radius 1 is 1.00 bits per heavy atom. The zero-order valence-electron chi connectivity index (χ0n) is 15.4. The van der Waals surface area contributed by atoms with Gasteiger partial charge in [0.2, 0.25) is 0 Å². The Morgan fingerprint density at radius 2 is 1.62 bits per heavy atom. The fraction of sp³-hybridized carbons (Fsp3) is 0.273. The summed E-state index contributed by atoms with van der Waals surface area (Å²) in [5, 5.41) is 14.1. The molecule has 4 atom stereocenters. The van der Waals surface area contributed by atoms with Gasteiger partial charge in [0.1, 0.15) is 11.5 Å². The summed E-state index contributed by atoms with van der Waals surface area (Å²) in [6, 6.07) is 9.73. The number of benzene rings is 1. The van der Waals surface area contributed by atoms with Crippen molar-refractivity contribution in [1.29, 1.82) is 0 Å². The maximum Gasteiger partial charge on any atom is 0.335 e. The van der Waals surface area contributed by atoms with Crippen molar-refractivity contribution in [2.45, 2.75) is 12.8 Å². The molecule has 146 valence electrons. The Morgan fingerprint density at radius 3 is 2.17 bits per heavy atom. The molecule has 2 amide bonds. The second kappa shape index (κ2) is 6.55. The molecule has 3 aliphatic carbocycles. The van der Waals surface area contributed by atoms with Gasteiger partial charge < -0.3 is 9.52 Å². The molecule has 2 fully saturated rings. The molecule has 29 heavy (non-hydrogen) atoms. The van der Waals surface area contributed by atoms with Crippen LogP contribution < -0.4 is 0 Å². The number of allylic oxidation sites excluding steroid dienone is 2. The predicted octanol–water partition coefficient (Wildman–Crippen LogP) is 3.18. The number of furan rings is 1. The molecule has 7 nitrogen and oxygen atoms in total. The number of hydrogen-bond acceptors (Lipinski definition) is 5. The topological polar surface area (TPSA) is 100 Å². The highest BCUT2D eigenvalue weighted by atomic mass is 16.4. The number of hydrogen-bond donors (Lipinski definition) is 1. The molecule has 7 heteroatoms. The van der Waals surface area contributed by atoms with E-state index < -0.39 is 5.97 Å². The molecule has 1 aromatic carbocycles. The number of imide groups is 1. The number of rotatable bonds is 4. The number of aromatic carboxylic acids is 1. The van der Waals surface area contributed by atoms with E-state index in [9.17, 15) is 14.4 Å². The summed E-state index contributed by atoms with van der Waals surface area (Å²) in [4.78, 5) is 36.5. The summed E-state index contributed by atoms with van der Waals surface area (Å²) in [6.45, 7) is 0. The lowest BCUT2D eigenvalue weighted by Crippen LogP contribution is -2.38. The van der Waals surface area contributed by atoms with E-state index in [0.29, 0.717) is 11.5 Å². The maximum atomic E-state index is 12.8. The number of carbonyl (C=O) groups excluding carboxylic acids is 2. The average molecular weight is 390 g/mol. The van der Waals surface area contributed by atoms with Crippen LogP contribution in [0.25, 0.3) is 11.3 Å². The highest BCUT2D eigenvalue weighted by molar-refractivity contribution is 6.06. The first kappa shape index (κ1) is 17.6. The number of carboxylic acid groups (broad SMARTS) is 1. The van der Waals surface area contributed by atoms with Gasteiger partial charge in [-0.1, -0.05) is 24.3 Å². The van der Waals surface area contributed by atoms with Crippen LogP contribution in [-0.4, -0.2) is 34.1 Å². The summed E-state index contributed by atoms with van der Waals surface area (Å²) >= 11 is 0. The monoisotopic (exact) mass is 390 g/mol. The molecular weight excluding hydrogens is 372 g/mol. The van der Waals surface area contributed by atoms with E-state index in [-0.39, 0.29) is 41.0 Å². The van der Waals surface area contributed by atoms with Gasteiger partial charge in [0.05, 0.1) is 23.6 Å². The Balaban J connectivity index is 1.34. The van der Waals surface area contributed by atoms with Crippen LogP contribution in [-0.2, 0) is 9.59 Å². The van der Waals surface area contributed by atoms with Crippen molar-refractivity contribution in [1.82, 2.24) is 5.01 Å². The van der Waals surface area contributed by atoms with Crippen molar-refractivity contribution in [3.8, 4) is 11.3 Å². The number of carboxylic acids is 1. The largest absolute Gasteiger partial charge is 0.478 e. The van der Waals surface area contributed by atoms with Crippen molar-refractivity contribution < 1.29 is 23.9 Å². The Kier molecular flexibility index (Phi) is 3.97. The minimum Gasteiger partial charge on any atom is -0.478 e. The van der Waals surface area contributed by atoms with Crippen molar-refractivity contribution in [3.05, 3.63) is 59.9 Å². The minimum atomic E-state index is -0.993. The molecule has 2 aromatic rings. The summed E-state index contributed by atoms with van der Waals surface area (Å²) in [7, 11) is 0. The zero-order chi connectivity index (χ0) is 20.1. The Labute approximate surface area is 166 Å². The van der Waals surface area contributed by atoms with Crippen LogP contribution in [0.1, 0.15) is 29.0 Å². The number of hydrazone groups is 1. The molecule has 1 aromatic heterocycles. The van der Waals surface area contributed by atoms with Crippen LogP contribution >= 0.6 is 0 Å². The van der Waals surface area contributed by atoms with Gasteiger partial charge in [-0.3, -0.25) is 9.59 Å². The molecule has 0 spiro atoms. The lowest BCUT2D eigenvalue weighted by molar-refractivity contribution is -0.140. The first-order valence-corrected chi connectivity index (χ1v) is 9.56. The molecule has 2 heterocycles. The molecule has 2 bridgehead atoms. The fourth-order valence-electron chi connectivity index (χ4n) is 4.64. The van der Waals surface area contributed by atoms with E-state index in [0.717, 1.165) is 23.4 Å². The molecule has 4 unspecified atom stereocenters. The van der Waals surface area contributed by atoms with Crippen molar-refractivity contribution in [3.63, 3.8) is 0 Å². The van der Waals surface area contributed by atoms with Gasteiger partial charge in [-0.25, -0.2) is 4.79 Å². The highest BCUT2D eigenvalue weighted by Crippen LogP contribution is 2.49. The van der Waals surface area contributed by atoms with E-state index in [1.54, 1.807) is 24.3 Å². The molecule has 4 aliphatic rings. The summed E-state index contributed by atoms with van der Waals surface area (Å²) in [5.41, 5.74) is 0.912. The van der Waals surface area contributed by atoms with Gasteiger partial charge >= 0.3 is 5.97 Å². The van der Waals surface area contributed by atoms with Gasteiger partial charge in [0.15, 0.2) is 0 Å². The van der Waals surface area contributed by atoms with Crippen LogP contribution in [0.5, 0.6) is 0 Å². The third-order valence-electron chi connectivity index (χ3n) is 6.08. The van der Waals surface area contributed by atoms with Crippen molar-refractivity contribution >= 4 is 24.0 Å². The molecule has 1 N–H and O–H groups in total. The Bertz CT molecular complexity index is 1030. The third kappa shape index (κ3) is 2.81. The zero-order valence-corrected chi connectivity index (χ0v) is 15.4. The normalized spacial score (nSPS) is 27.8. The fourth-order valence-corrected chi connectivity index (χ4v) is 4.64. The van der Waals surface area contributed by atoms with Crippen LogP contribution in [0.4, 0.5) is 0 Å². The molecule has 0 radical (unpaired) electrons. The minimum absolute atomic E-state index is 0.130. The highest BCUT2D eigenvalue weighted by Gasteiger charge is 2.56. The number of fused-ring (bicyclic) bond motifs is 1. The van der Waals surface area contributed by atoms with E-state index in [2.05, 4.69) is 17.3 Å². The molecule has 1 saturated carbocycles. The second-order valence-corrected chi connectivity index (χ2v) is 7.66. The predicted molar refractivity (Wildman–Crippen MR) is 103 cm³/mol. The smallest absolute Gasteiger partial charge is 0.335 e. The molecular formula is C22H18N2O5. The van der Waals surface area contributed by atoms with Gasteiger partial charge in [-0.15, -0.1) is 0 Å². The summed E-state index contributed by atoms with van der Waals surface area (Å²) < 4.78 is 5.72. The SMILES string of the molecule is O=C(O)c1ccc(-c2ccc(C=NN3C(=O)C4C5C=CC(CC5)C4C3=O)o2)cc1. The van der Waals surface area contributed by atoms with E-state index in [4.69, 9.17) is 9.52 Å². The average Bonchev–Trinajstić information content (AvgIpc) is 3.32. The van der Waals surface area contributed by atoms with E-state index in [1.807, 2.05) is 0 Å². The first-order valence-electron chi connectivity index (χ1n) is 9.56. The second-order valence-electron chi connectivity index (χ2n) is 7.66. The van der Waals surface area contributed by atoms with Gasteiger partial charge in [-0.05, 0) is 48.9 Å². The van der Waals surface area contributed by atoms with E-state index >= 15 is 0 Å². The van der Waals surface area contributed by atoms with Crippen LogP contribution in [0.2, 0.25) is 0 Å². The standard InChI is InChI=1S/C22H18N2O5/c25-20-18-13-3-4-14(6-5-13)19(18)21(26)24(20)23-11-16-9-10-17(29-16)12-1-7-15(8-2-12)22(27)28/h1-4,7-11,13-14,18-19H,5-6H2,(H,27,28). The molecule has 6 rings (SSSR count). The van der Waals surface area contributed by atoms with Crippen LogP contribution in [0, 0.1) is 23.7 Å². The van der Waals surface area contributed by atoms with E-state index in [1.165, 1.54) is 18.3 Å².